The maximum absolute atomic E-state index is 6.22. The van der Waals surface area contributed by atoms with Gasteiger partial charge in [-0.15, -0.1) is 0 Å². The van der Waals surface area contributed by atoms with E-state index in [1.807, 2.05) is 19.2 Å². The van der Waals surface area contributed by atoms with Crippen molar-refractivity contribution in [3.05, 3.63) is 33.3 Å². The maximum Gasteiger partial charge on any atom is 0.0826 e. The smallest absolute Gasteiger partial charge is 0.0826 e. The number of hydrogen-bond acceptors (Lipinski definition) is 3. The topological polar surface area (TPSA) is 24.5 Å². The summed E-state index contributed by atoms with van der Waals surface area (Å²) >= 11 is 9.71. The molecule has 0 amide bonds. The van der Waals surface area contributed by atoms with Crippen molar-refractivity contribution in [1.82, 2.24) is 10.2 Å². The van der Waals surface area contributed by atoms with Crippen LogP contribution in [-0.4, -0.2) is 44.3 Å². The molecule has 1 heterocycles. The molecule has 0 aromatic heterocycles. The highest BCUT2D eigenvalue weighted by atomic mass is 79.9. The van der Waals surface area contributed by atoms with Crippen LogP contribution in [0.2, 0.25) is 5.02 Å². The highest BCUT2D eigenvalue weighted by molar-refractivity contribution is 9.10. The fourth-order valence-corrected chi connectivity index (χ4v) is 2.77. The summed E-state index contributed by atoms with van der Waals surface area (Å²) in [6.45, 7) is 4.47. The van der Waals surface area contributed by atoms with Crippen LogP contribution in [0, 0.1) is 0 Å². The number of nitrogens with zero attached hydrogens (tertiary/aromatic N) is 1. The molecule has 2 rings (SSSR count). The van der Waals surface area contributed by atoms with Gasteiger partial charge in [0.05, 0.1) is 12.7 Å². The molecule has 1 atom stereocenters. The van der Waals surface area contributed by atoms with Crippen LogP contribution in [0.5, 0.6) is 0 Å². The molecule has 1 unspecified atom stereocenters. The summed E-state index contributed by atoms with van der Waals surface area (Å²) in [6, 6.07) is 5.99. The fraction of sp³-hybridized carbons (Fsp3) is 0.538. The van der Waals surface area contributed by atoms with Crippen LogP contribution in [-0.2, 0) is 11.3 Å². The first kappa shape index (κ1) is 14.3. The maximum atomic E-state index is 6.22. The largest absolute Gasteiger partial charge is 0.374 e. The van der Waals surface area contributed by atoms with Gasteiger partial charge in [0.1, 0.15) is 0 Å². The average molecular weight is 334 g/mol. The lowest BCUT2D eigenvalue weighted by Crippen LogP contribution is -2.45. The van der Waals surface area contributed by atoms with Crippen molar-refractivity contribution in [1.29, 1.82) is 0 Å². The van der Waals surface area contributed by atoms with Crippen molar-refractivity contribution in [2.24, 2.45) is 0 Å². The van der Waals surface area contributed by atoms with E-state index in [1.165, 1.54) is 0 Å². The summed E-state index contributed by atoms with van der Waals surface area (Å²) in [4.78, 5) is 2.39. The number of hydrogen-bond donors (Lipinski definition) is 1. The van der Waals surface area contributed by atoms with Crippen molar-refractivity contribution < 1.29 is 4.74 Å². The molecule has 1 N–H and O–H groups in total. The zero-order chi connectivity index (χ0) is 13.0. The Hall–Kier alpha value is -0.130. The van der Waals surface area contributed by atoms with E-state index >= 15 is 0 Å². The van der Waals surface area contributed by atoms with E-state index in [-0.39, 0.29) is 6.10 Å². The summed E-state index contributed by atoms with van der Waals surface area (Å²) in [5.74, 6) is 0. The van der Waals surface area contributed by atoms with Crippen LogP contribution in [0.1, 0.15) is 5.56 Å². The number of morpholine rings is 1. The Kier molecular flexibility index (Phi) is 5.45. The van der Waals surface area contributed by atoms with E-state index in [0.717, 1.165) is 47.8 Å². The zero-order valence-electron chi connectivity index (χ0n) is 10.5. The van der Waals surface area contributed by atoms with E-state index < -0.39 is 0 Å². The monoisotopic (exact) mass is 332 g/mol. The Morgan fingerprint density at radius 1 is 1.56 bits per heavy atom. The Labute approximate surface area is 122 Å². The third-order valence-corrected chi connectivity index (χ3v) is 3.92. The van der Waals surface area contributed by atoms with Gasteiger partial charge in [0.15, 0.2) is 0 Å². The Balaban J connectivity index is 1.98. The van der Waals surface area contributed by atoms with Crippen molar-refractivity contribution in [2.45, 2.75) is 12.6 Å². The quantitative estimate of drug-likeness (QED) is 0.916. The third kappa shape index (κ3) is 3.93. The molecular formula is C13H18BrClN2O. The first-order valence-corrected chi connectivity index (χ1v) is 7.28. The first-order valence-electron chi connectivity index (χ1n) is 6.11. The highest BCUT2D eigenvalue weighted by Gasteiger charge is 2.20. The van der Waals surface area contributed by atoms with Gasteiger partial charge < -0.3 is 10.1 Å². The van der Waals surface area contributed by atoms with Crippen LogP contribution in [0.3, 0.4) is 0 Å². The van der Waals surface area contributed by atoms with Gasteiger partial charge in [0.25, 0.3) is 0 Å². The molecule has 0 aliphatic carbocycles. The minimum absolute atomic E-state index is 0.273. The predicted molar refractivity (Wildman–Crippen MR) is 78.1 cm³/mol. The molecular weight excluding hydrogens is 316 g/mol. The second-order valence-electron chi connectivity index (χ2n) is 4.52. The molecule has 1 fully saturated rings. The lowest BCUT2D eigenvalue weighted by atomic mass is 10.2. The van der Waals surface area contributed by atoms with Crippen LogP contribution < -0.4 is 5.32 Å². The van der Waals surface area contributed by atoms with Crippen LogP contribution in [0.25, 0.3) is 0 Å². The average Bonchev–Trinajstić information content (AvgIpc) is 2.35. The normalized spacial score (nSPS) is 21.2. The minimum Gasteiger partial charge on any atom is -0.374 e. The van der Waals surface area contributed by atoms with Gasteiger partial charge in [-0.25, -0.2) is 0 Å². The summed E-state index contributed by atoms with van der Waals surface area (Å²) in [7, 11) is 1.95. The van der Waals surface area contributed by atoms with Gasteiger partial charge in [-0.2, -0.15) is 0 Å². The molecule has 1 aromatic rings. The Bertz CT molecular complexity index is 401. The van der Waals surface area contributed by atoms with Crippen LogP contribution in [0.15, 0.2) is 22.7 Å². The molecule has 0 saturated carbocycles. The van der Waals surface area contributed by atoms with Gasteiger partial charge in [0.2, 0.25) is 0 Å². The van der Waals surface area contributed by atoms with Gasteiger partial charge in [-0.3, -0.25) is 4.90 Å². The SMILES string of the molecule is CNCC1CN(Cc2cc(Br)ccc2Cl)CCO1. The third-order valence-electron chi connectivity index (χ3n) is 3.06. The van der Waals surface area contributed by atoms with E-state index in [9.17, 15) is 0 Å². The molecule has 3 nitrogen and oxygen atoms in total. The number of benzene rings is 1. The fourth-order valence-electron chi connectivity index (χ4n) is 2.18. The van der Waals surface area contributed by atoms with E-state index in [4.69, 9.17) is 16.3 Å². The molecule has 1 saturated heterocycles. The summed E-state index contributed by atoms with van der Waals surface area (Å²) in [5, 5.41) is 3.99. The molecule has 0 bridgehead atoms. The number of ether oxygens (including phenoxy) is 1. The van der Waals surface area contributed by atoms with Crippen LogP contribution in [0.4, 0.5) is 0 Å². The molecule has 1 aromatic carbocycles. The molecule has 0 spiro atoms. The number of likely N-dealkylation sites (N-methyl/N-ethyl adjacent to an activating group) is 1. The Morgan fingerprint density at radius 3 is 3.17 bits per heavy atom. The standard InChI is InChI=1S/C13H18BrClN2O/c1-16-7-12-9-17(4-5-18-12)8-10-6-11(14)2-3-13(10)15/h2-3,6,12,16H,4-5,7-9H2,1H3. The summed E-state index contributed by atoms with van der Waals surface area (Å²) in [6.07, 6.45) is 0.273. The van der Waals surface area contributed by atoms with Crippen molar-refractivity contribution >= 4 is 27.5 Å². The molecule has 1 aliphatic rings. The van der Waals surface area contributed by atoms with Gasteiger partial charge in [-0.1, -0.05) is 27.5 Å². The van der Waals surface area contributed by atoms with Crippen LogP contribution >= 0.6 is 27.5 Å². The van der Waals surface area contributed by atoms with Gasteiger partial charge >= 0.3 is 0 Å². The van der Waals surface area contributed by atoms with E-state index in [2.05, 4.69) is 32.2 Å². The summed E-state index contributed by atoms with van der Waals surface area (Å²) < 4.78 is 6.77. The number of rotatable bonds is 4. The molecule has 5 heteroatoms. The number of nitrogens with one attached hydrogen (secondary N) is 1. The van der Waals surface area contributed by atoms with Gasteiger partial charge in [-0.05, 0) is 30.8 Å². The Morgan fingerprint density at radius 2 is 2.39 bits per heavy atom. The van der Waals surface area contributed by atoms with Gasteiger partial charge in [0, 0.05) is 35.7 Å². The van der Waals surface area contributed by atoms with E-state index in [0.29, 0.717) is 0 Å². The molecule has 18 heavy (non-hydrogen) atoms. The van der Waals surface area contributed by atoms with Crippen molar-refractivity contribution in [2.75, 3.05) is 33.3 Å². The predicted octanol–water partition coefficient (Wildman–Crippen LogP) is 2.52. The zero-order valence-corrected chi connectivity index (χ0v) is 12.8. The highest BCUT2D eigenvalue weighted by Crippen LogP contribution is 2.23. The van der Waals surface area contributed by atoms with E-state index in [1.54, 1.807) is 0 Å². The second kappa shape index (κ2) is 6.87. The molecule has 100 valence electrons. The van der Waals surface area contributed by atoms with Crippen molar-refractivity contribution in [3.8, 4) is 0 Å². The second-order valence-corrected chi connectivity index (χ2v) is 5.84. The minimum atomic E-state index is 0.273. The van der Waals surface area contributed by atoms with Crippen molar-refractivity contribution in [3.63, 3.8) is 0 Å². The first-order chi connectivity index (χ1) is 8.69. The molecule has 1 aliphatic heterocycles. The lowest BCUT2D eigenvalue weighted by molar-refractivity contribution is -0.0291. The summed E-state index contributed by atoms with van der Waals surface area (Å²) in [5.41, 5.74) is 1.16. The lowest BCUT2D eigenvalue weighted by Gasteiger charge is -2.33. The number of halogens is 2. The molecule has 0 radical (unpaired) electrons.